The third-order valence-corrected chi connectivity index (χ3v) is 3.00. The third kappa shape index (κ3) is 6.14. The van der Waals surface area contributed by atoms with Crippen molar-refractivity contribution in [3.8, 4) is 0 Å². The molecule has 1 amide bonds. The van der Waals surface area contributed by atoms with Crippen molar-refractivity contribution in [1.29, 1.82) is 0 Å². The van der Waals surface area contributed by atoms with E-state index in [1.807, 2.05) is 0 Å². The maximum absolute atomic E-state index is 11.5. The molecule has 18 heavy (non-hydrogen) atoms. The van der Waals surface area contributed by atoms with Crippen LogP contribution in [0.25, 0.3) is 0 Å². The lowest BCUT2D eigenvalue weighted by Crippen LogP contribution is -2.43. The van der Waals surface area contributed by atoms with E-state index in [0.717, 1.165) is 25.9 Å². The largest absolute Gasteiger partial charge is 0.396 e. The molecular weight excluding hydrogens is 232 g/mol. The number of piperidine rings is 1. The summed E-state index contributed by atoms with van der Waals surface area (Å²) in [5.41, 5.74) is 0. The molecule has 0 unspecified atom stereocenters. The van der Waals surface area contributed by atoms with Gasteiger partial charge in [0.05, 0.1) is 12.6 Å². The van der Waals surface area contributed by atoms with Crippen molar-refractivity contribution in [1.82, 2.24) is 10.2 Å². The molecule has 2 N–H and O–H groups in total. The van der Waals surface area contributed by atoms with E-state index < -0.39 is 0 Å². The van der Waals surface area contributed by atoms with Crippen LogP contribution in [0.3, 0.4) is 0 Å². The SMILES string of the molecule is C=CCNC(=O)CN1CCC(OCCCO)CC1. The highest BCUT2D eigenvalue weighted by molar-refractivity contribution is 5.78. The topological polar surface area (TPSA) is 61.8 Å². The normalized spacial score (nSPS) is 17.6. The third-order valence-electron chi connectivity index (χ3n) is 3.00. The van der Waals surface area contributed by atoms with Crippen molar-refractivity contribution in [3.05, 3.63) is 12.7 Å². The van der Waals surface area contributed by atoms with Gasteiger partial charge in [-0.1, -0.05) is 6.08 Å². The summed E-state index contributed by atoms with van der Waals surface area (Å²) in [6.45, 7) is 7.14. The molecule has 5 nitrogen and oxygen atoms in total. The van der Waals surface area contributed by atoms with Crippen LogP contribution in [0.2, 0.25) is 0 Å². The van der Waals surface area contributed by atoms with Gasteiger partial charge in [-0.05, 0) is 19.3 Å². The molecule has 1 heterocycles. The fourth-order valence-electron chi connectivity index (χ4n) is 1.99. The Bertz CT molecular complexity index is 251. The monoisotopic (exact) mass is 256 g/mol. The molecule has 0 spiro atoms. The van der Waals surface area contributed by atoms with Crippen molar-refractivity contribution in [2.24, 2.45) is 0 Å². The Balaban J connectivity index is 2.11. The second-order valence-corrected chi connectivity index (χ2v) is 4.52. The summed E-state index contributed by atoms with van der Waals surface area (Å²) in [4.78, 5) is 13.6. The van der Waals surface area contributed by atoms with E-state index >= 15 is 0 Å². The summed E-state index contributed by atoms with van der Waals surface area (Å²) in [5, 5.41) is 11.4. The number of aliphatic hydroxyl groups excluding tert-OH is 1. The van der Waals surface area contributed by atoms with Crippen molar-refractivity contribution in [3.63, 3.8) is 0 Å². The van der Waals surface area contributed by atoms with Crippen LogP contribution in [0.15, 0.2) is 12.7 Å². The molecule has 1 aliphatic rings. The van der Waals surface area contributed by atoms with Gasteiger partial charge in [-0.15, -0.1) is 6.58 Å². The minimum Gasteiger partial charge on any atom is -0.396 e. The minimum atomic E-state index is 0.0505. The van der Waals surface area contributed by atoms with Crippen LogP contribution in [0.1, 0.15) is 19.3 Å². The summed E-state index contributed by atoms with van der Waals surface area (Å²) < 4.78 is 5.64. The van der Waals surface area contributed by atoms with E-state index in [0.29, 0.717) is 26.1 Å². The number of carbonyl (C=O) groups excluding carboxylic acids is 1. The first-order chi connectivity index (χ1) is 8.76. The maximum atomic E-state index is 11.5. The Morgan fingerprint density at radius 1 is 1.50 bits per heavy atom. The van der Waals surface area contributed by atoms with Gasteiger partial charge in [0.2, 0.25) is 5.91 Å². The second-order valence-electron chi connectivity index (χ2n) is 4.52. The number of nitrogens with one attached hydrogen (secondary N) is 1. The van der Waals surface area contributed by atoms with Gasteiger partial charge in [0, 0.05) is 32.8 Å². The number of amides is 1. The van der Waals surface area contributed by atoms with Gasteiger partial charge in [0.15, 0.2) is 0 Å². The van der Waals surface area contributed by atoms with Crippen LogP contribution in [0.5, 0.6) is 0 Å². The zero-order valence-corrected chi connectivity index (χ0v) is 10.9. The lowest BCUT2D eigenvalue weighted by molar-refractivity contribution is -0.122. The zero-order chi connectivity index (χ0) is 13.2. The predicted octanol–water partition coefficient (Wildman–Crippen LogP) is 0.152. The Kier molecular flexibility index (Phi) is 7.64. The summed E-state index contributed by atoms with van der Waals surface area (Å²) in [6, 6.07) is 0. The summed E-state index contributed by atoms with van der Waals surface area (Å²) in [7, 11) is 0. The Morgan fingerprint density at radius 2 is 2.22 bits per heavy atom. The lowest BCUT2D eigenvalue weighted by atomic mass is 10.1. The number of hydrogen-bond donors (Lipinski definition) is 2. The van der Waals surface area contributed by atoms with E-state index in [2.05, 4.69) is 16.8 Å². The number of rotatable bonds is 8. The Labute approximate surface area is 109 Å². The van der Waals surface area contributed by atoms with Gasteiger partial charge in [-0.2, -0.15) is 0 Å². The van der Waals surface area contributed by atoms with E-state index in [4.69, 9.17) is 9.84 Å². The fraction of sp³-hybridized carbons (Fsp3) is 0.769. The quantitative estimate of drug-likeness (QED) is 0.479. The van der Waals surface area contributed by atoms with Gasteiger partial charge in [-0.25, -0.2) is 0 Å². The van der Waals surface area contributed by atoms with Crippen LogP contribution >= 0.6 is 0 Å². The van der Waals surface area contributed by atoms with E-state index in [1.54, 1.807) is 6.08 Å². The average Bonchev–Trinajstić information content (AvgIpc) is 2.39. The molecule has 1 saturated heterocycles. The fourth-order valence-corrected chi connectivity index (χ4v) is 1.99. The molecule has 0 aromatic carbocycles. The maximum Gasteiger partial charge on any atom is 0.234 e. The molecule has 0 atom stereocenters. The van der Waals surface area contributed by atoms with Gasteiger partial charge >= 0.3 is 0 Å². The van der Waals surface area contributed by atoms with Gasteiger partial charge < -0.3 is 15.2 Å². The number of carbonyl (C=O) groups is 1. The number of likely N-dealkylation sites (tertiary alicyclic amines) is 1. The smallest absolute Gasteiger partial charge is 0.234 e. The van der Waals surface area contributed by atoms with Gasteiger partial charge in [0.25, 0.3) is 0 Å². The van der Waals surface area contributed by atoms with Crippen molar-refractivity contribution in [2.75, 3.05) is 39.4 Å². The first kappa shape index (κ1) is 15.1. The van der Waals surface area contributed by atoms with Crippen LogP contribution in [0.4, 0.5) is 0 Å². The van der Waals surface area contributed by atoms with E-state index in [1.165, 1.54) is 0 Å². The molecular formula is C13H24N2O3. The molecule has 0 saturated carbocycles. The molecule has 104 valence electrons. The molecule has 5 heteroatoms. The Morgan fingerprint density at radius 3 is 2.83 bits per heavy atom. The van der Waals surface area contributed by atoms with E-state index in [9.17, 15) is 4.79 Å². The van der Waals surface area contributed by atoms with Crippen LogP contribution in [-0.4, -0.2) is 61.4 Å². The van der Waals surface area contributed by atoms with E-state index in [-0.39, 0.29) is 18.6 Å². The van der Waals surface area contributed by atoms with Crippen LogP contribution in [0, 0.1) is 0 Å². The first-order valence-electron chi connectivity index (χ1n) is 6.58. The molecule has 0 aromatic rings. The standard InChI is InChI=1S/C13H24N2O3/c1-2-6-14-13(17)11-15-7-4-12(5-8-15)18-10-3-9-16/h2,12,16H,1,3-11H2,(H,14,17). The molecule has 0 radical (unpaired) electrons. The number of hydrogen-bond acceptors (Lipinski definition) is 4. The highest BCUT2D eigenvalue weighted by atomic mass is 16.5. The molecule has 0 bridgehead atoms. The highest BCUT2D eigenvalue weighted by Gasteiger charge is 2.20. The number of nitrogens with zero attached hydrogens (tertiary/aromatic N) is 1. The molecule has 0 aliphatic carbocycles. The lowest BCUT2D eigenvalue weighted by Gasteiger charge is -2.31. The van der Waals surface area contributed by atoms with Gasteiger partial charge in [0.1, 0.15) is 0 Å². The summed E-state index contributed by atoms with van der Waals surface area (Å²) in [5.74, 6) is 0.0505. The molecule has 1 rings (SSSR count). The number of aliphatic hydroxyl groups is 1. The highest BCUT2D eigenvalue weighted by Crippen LogP contribution is 2.13. The predicted molar refractivity (Wildman–Crippen MR) is 70.3 cm³/mol. The van der Waals surface area contributed by atoms with Crippen molar-refractivity contribution >= 4 is 5.91 Å². The average molecular weight is 256 g/mol. The zero-order valence-electron chi connectivity index (χ0n) is 10.9. The van der Waals surface area contributed by atoms with Crippen LogP contribution in [-0.2, 0) is 9.53 Å². The molecule has 0 aromatic heterocycles. The minimum absolute atomic E-state index is 0.0505. The summed E-state index contributed by atoms with van der Waals surface area (Å²) >= 11 is 0. The van der Waals surface area contributed by atoms with Gasteiger partial charge in [-0.3, -0.25) is 9.69 Å². The first-order valence-corrected chi connectivity index (χ1v) is 6.58. The number of ether oxygens (including phenoxy) is 1. The molecule has 1 fully saturated rings. The Hall–Kier alpha value is -0.910. The van der Waals surface area contributed by atoms with Crippen LogP contribution < -0.4 is 5.32 Å². The summed E-state index contributed by atoms with van der Waals surface area (Å²) in [6.07, 6.45) is 4.58. The van der Waals surface area contributed by atoms with Crippen molar-refractivity contribution < 1.29 is 14.6 Å². The molecule has 1 aliphatic heterocycles. The van der Waals surface area contributed by atoms with Crippen molar-refractivity contribution in [2.45, 2.75) is 25.4 Å². The second kappa shape index (κ2) is 9.08.